The number of carbonyl (C=O) groups is 1. The van der Waals surface area contributed by atoms with Crippen molar-refractivity contribution in [1.82, 2.24) is 0 Å². The van der Waals surface area contributed by atoms with Crippen LogP contribution in [0.3, 0.4) is 0 Å². The highest BCUT2D eigenvalue weighted by molar-refractivity contribution is 9.10. The fraction of sp³-hybridized carbons (Fsp3) is 0.417. The summed E-state index contributed by atoms with van der Waals surface area (Å²) in [4.78, 5) is 12.1. The van der Waals surface area contributed by atoms with E-state index in [0.29, 0.717) is 15.7 Å². The molecule has 2 atom stereocenters. The van der Waals surface area contributed by atoms with E-state index >= 15 is 0 Å². The van der Waals surface area contributed by atoms with Gasteiger partial charge in [0.2, 0.25) is 5.91 Å². The Hall–Kier alpha value is -0.290. The van der Waals surface area contributed by atoms with E-state index in [9.17, 15) is 4.79 Å². The zero-order chi connectivity index (χ0) is 13.3. The predicted molar refractivity (Wildman–Crippen MR) is 78.1 cm³/mol. The molecule has 1 saturated carbocycles. The molecule has 3 nitrogen and oxygen atoms in total. The highest BCUT2D eigenvalue weighted by atomic mass is 79.9. The molecule has 1 fully saturated rings. The van der Waals surface area contributed by atoms with Gasteiger partial charge in [0.05, 0.1) is 21.7 Å². The quantitative estimate of drug-likeness (QED) is 0.850. The Balaban J connectivity index is 2.17. The molecule has 1 aliphatic carbocycles. The van der Waals surface area contributed by atoms with Gasteiger partial charge in [-0.3, -0.25) is 4.79 Å². The molecule has 3 N–H and O–H groups in total. The van der Waals surface area contributed by atoms with Gasteiger partial charge in [-0.25, -0.2) is 0 Å². The van der Waals surface area contributed by atoms with Gasteiger partial charge in [0.15, 0.2) is 0 Å². The van der Waals surface area contributed by atoms with E-state index in [1.54, 1.807) is 12.1 Å². The van der Waals surface area contributed by atoms with Crippen LogP contribution in [0.1, 0.15) is 19.3 Å². The Morgan fingerprint density at radius 2 is 1.94 bits per heavy atom. The average Bonchev–Trinajstić information content (AvgIpc) is 2.69. The molecule has 0 saturated heterocycles. The topological polar surface area (TPSA) is 55.1 Å². The van der Waals surface area contributed by atoms with Gasteiger partial charge in [-0.2, -0.15) is 0 Å². The van der Waals surface area contributed by atoms with Crippen LogP contribution in [0.15, 0.2) is 16.6 Å². The molecule has 1 aromatic rings. The van der Waals surface area contributed by atoms with Gasteiger partial charge in [0, 0.05) is 10.5 Å². The van der Waals surface area contributed by atoms with Gasteiger partial charge in [0.25, 0.3) is 0 Å². The van der Waals surface area contributed by atoms with Crippen LogP contribution < -0.4 is 11.1 Å². The van der Waals surface area contributed by atoms with E-state index in [-0.39, 0.29) is 17.9 Å². The number of anilines is 1. The lowest BCUT2D eigenvalue weighted by Gasteiger charge is -2.16. The summed E-state index contributed by atoms with van der Waals surface area (Å²) in [5, 5.41) is 3.60. The first-order valence-corrected chi connectivity index (χ1v) is 7.25. The van der Waals surface area contributed by atoms with Crippen LogP contribution in [0, 0.1) is 5.92 Å². The fourth-order valence-corrected chi connectivity index (χ4v) is 3.49. The minimum atomic E-state index is -0.152. The lowest BCUT2D eigenvalue weighted by molar-refractivity contribution is -0.120. The van der Waals surface area contributed by atoms with Crippen molar-refractivity contribution in [1.29, 1.82) is 0 Å². The van der Waals surface area contributed by atoms with Crippen molar-refractivity contribution in [3.8, 4) is 0 Å². The number of halogens is 3. The summed E-state index contributed by atoms with van der Waals surface area (Å²) < 4.78 is 0.771. The van der Waals surface area contributed by atoms with Gasteiger partial charge in [-0.05, 0) is 25.0 Å². The second-order valence-corrected chi connectivity index (χ2v) is 6.17. The van der Waals surface area contributed by atoms with Crippen molar-refractivity contribution in [2.75, 3.05) is 5.32 Å². The summed E-state index contributed by atoms with van der Waals surface area (Å²) in [6.07, 6.45) is 2.69. The summed E-state index contributed by atoms with van der Waals surface area (Å²) in [5.41, 5.74) is 6.35. The SMILES string of the molecule is NC1CCCC1C(=O)Nc1c(Cl)cc(Br)cc1Cl. The molecule has 0 radical (unpaired) electrons. The maximum Gasteiger partial charge on any atom is 0.229 e. The summed E-state index contributed by atoms with van der Waals surface area (Å²) in [6.45, 7) is 0. The number of benzene rings is 1. The van der Waals surface area contributed by atoms with E-state index in [1.807, 2.05) is 0 Å². The first-order valence-electron chi connectivity index (χ1n) is 5.70. The van der Waals surface area contributed by atoms with Crippen LogP contribution in [0.25, 0.3) is 0 Å². The molecule has 1 amide bonds. The van der Waals surface area contributed by atoms with Crippen LogP contribution in [-0.2, 0) is 4.79 Å². The van der Waals surface area contributed by atoms with E-state index in [2.05, 4.69) is 21.2 Å². The maximum absolute atomic E-state index is 12.1. The molecule has 2 unspecified atom stereocenters. The largest absolute Gasteiger partial charge is 0.327 e. The third-order valence-electron chi connectivity index (χ3n) is 3.16. The first-order chi connectivity index (χ1) is 8.49. The maximum atomic E-state index is 12.1. The Bertz CT molecular complexity index is 458. The molecule has 0 aromatic heterocycles. The Morgan fingerprint density at radius 3 is 2.44 bits per heavy atom. The molecule has 18 heavy (non-hydrogen) atoms. The molecule has 1 aliphatic rings. The molecule has 0 aliphatic heterocycles. The molecular formula is C12H13BrCl2N2O. The molecule has 6 heteroatoms. The zero-order valence-electron chi connectivity index (χ0n) is 9.55. The summed E-state index contributed by atoms with van der Waals surface area (Å²) >= 11 is 15.4. The minimum Gasteiger partial charge on any atom is -0.327 e. The second kappa shape index (κ2) is 5.78. The second-order valence-electron chi connectivity index (χ2n) is 4.43. The number of carbonyl (C=O) groups excluding carboxylic acids is 1. The van der Waals surface area contributed by atoms with E-state index in [1.165, 1.54) is 0 Å². The van der Waals surface area contributed by atoms with E-state index in [4.69, 9.17) is 28.9 Å². The fourth-order valence-electron chi connectivity index (χ4n) is 2.19. The van der Waals surface area contributed by atoms with Gasteiger partial charge in [0.1, 0.15) is 0 Å². The number of hydrogen-bond donors (Lipinski definition) is 2. The monoisotopic (exact) mass is 350 g/mol. The normalized spacial score (nSPS) is 23.1. The molecule has 2 rings (SSSR count). The molecule has 0 spiro atoms. The van der Waals surface area contributed by atoms with Crippen molar-refractivity contribution >= 4 is 50.7 Å². The Kier molecular flexibility index (Phi) is 4.54. The lowest BCUT2D eigenvalue weighted by atomic mass is 10.0. The zero-order valence-corrected chi connectivity index (χ0v) is 12.6. The Morgan fingerprint density at radius 1 is 1.33 bits per heavy atom. The predicted octanol–water partition coefficient (Wildman–Crippen LogP) is 3.82. The first kappa shape index (κ1) is 14.1. The molecular weight excluding hydrogens is 339 g/mol. The van der Waals surface area contributed by atoms with E-state index in [0.717, 1.165) is 23.7 Å². The van der Waals surface area contributed by atoms with Gasteiger partial charge >= 0.3 is 0 Å². The molecule has 0 heterocycles. The number of rotatable bonds is 2. The highest BCUT2D eigenvalue weighted by Gasteiger charge is 2.30. The lowest BCUT2D eigenvalue weighted by Crippen LogP contribution is -2.34. The molecule has 0 bridgehead atoms. The highest BCUT2D eigenvalue weighted by Crippen LogP contribution is 2.35. The number of nitrogens with two attached hydrogens (primary N) is 1. The van der Waals surface area contributed by atoms with Crippen molar-refractivity contribution < 1.29 is 4.79 Å². The van der Waals surface area contributed by atoms with Crippen LogP contribution in [-0.4, -0.2) is 11.9 Å². The average molecular weight is 352 g/mol. The van der Waals surface area contributed by atoms with Crippen molar-refractivity contribution in [2.24, 2.45) is 11.7 Å². The van der Waals surface area contributed by atoms with Crippen LogP contribution in [0.4, 0.5) is 5.69 Å². The number of amides is 1. The van der Waals surface area contributed by atoms with Gasteiger partial charge in [-0.1, -0.05) is 45.6 Å². The number of hydrogen-bond acceptors (Lipinski definition) is 2. The van der Waals surface area contributed by atoms with Crippen LogP contribution in [0.5, 0.6) is 0 Å². The van der Waals surface area contributed by atoms with E-state index < -0.39 is 0 Å². The Labute approximate surface area is 124 Å². The molecule has 1 aromatic carbocycles. The van der Waals surface area contributed by atoms with Crippen molar-refractivity contribution in [2.45, 2.75) is 25.3 Å². The van der Waals surface area contributed by atoms with Gasteiger partial charge in [-0.15, -0.1) is 0 Å². The van der Waals surface area contributed by atoms with Crippen LogP contribution in [0.2, 0.25) is 10.0 Å². The summed E-state index contributed by atoms with van der Waals surface area (Å²) in [5.74, 6) is -0.257. The van der Waals surface area contributed by atoms with Gasteiger partial charge < -0.3 is 11.1 Å². The smallest absolute Gasteiger partial charge is 0.229 e. The standard InChI is InChI=1S/C12H13BrCl2N2O/c13-6-4-8(14)11(9(15)5-6)17-12(18)7-2-1-3-10(7)16/h4-5,7,10H,1-3,16H2,(H,17,18). The summed E-state index contributed by atoms with van der Waals surface area (Å²) in [6, 6.07) is 3.31. The van der Waals surface area contributed by atoms with Crippen molar-refractivity contribution in [3.63, 3.8) is 0 Å². The summed E-state index contributed by atoms with van der Waals surface area (Å²) in [7, 11) is 0. The number of nitrogens with one attached hydrogen (secondary N) is 1. The molecule has 98 valence electrons. The van der Waals surface area contributed by atoms with Crippen LogP contribution >= 0.6 is 39.1 Å². The minimum absolute atomic E-state index is 0.0713. The van der Waals surface area contributed by atoms with Crippen molar-refractivity contribution in [3.05, 3.63) is 26.7 Å². The third kappa shape index (κ3) is 2.99. The third-order valence-corrected chi connectivity index (χ3v) is 4.22.